The second kappa shape index (κ2) is 8.16. The highest BCUT2D eigenvalue weighted by Crippen LogP contribution is 2.29. The van der Waals surface area contributed by atoms with Gasteiger partial charge in [0.15, 0.2) is 0 Å². The maximum absolute atomic E-state index is 12.7. The summed E-state index contributed by atoms with van der Waals surface area (Å²) >= 11 is 0. The largest absolute Gasteiger partial charge is 0.457 e. The van der Waals surface area contributed by atoms with Gasteiger partial charge in [0, 0.05) is 17.7 Å². The van der Waals surface area contributed by atoms with Crippen LogP contribution in [0.5, 0.6) is 11.5 Å². The second-order valence-electron chi connectivity index (χ2n) is 6.27. The average Bonchev–Trinajstić information content (AvgIpc) is 2.75. The van der Waals surface area contributed by atoms with E-state index >= 15 is 0 Å². The molecule has 1 heterocycles. The van der Waals surface area contributed by atoms with Crippen LogP contribution in [0.3, 0.4) is 0 Å². The van der Waals surface area contributed by atoms with Gasteiger partial charge in [-0.2, -0.15) is 0 Å². The molecule has 6 heteroatoms. The fourth-order valence-electron chi connectivity index (χ4n) is 2.79. The summed E-state index contributed by atoms with van der Waals surface area (Å²) in [6, 6.07) is 30.3. The molecule has 0 spiro atoms. The van der Waals surface area contributed by atoms with E-state index in [4.69, 9.17) is 4.74 Å². The van der Waals surface area contributed by atoms with E-state index in [0.29, 0.717) is 17.2 Å². The molecular formula is C23H18N2O3S. The van der Waals surface area contributed by atoms with Crippen LogP contribution >= 0.6 is 0 Å². The zero-order valence-electron chi connectivity index (χ0n) is 15.4. The minimum Gasteiger partial charge on any atom is -0.457 e. The zero-order chi connectivity index (χ0) is 20.1. The Balaban J connectivity index is 1.73. The molecule has 4 rings (SSSR count). The molecule has 0 aliphatic carbocycles. The van der Waals surface area contributed by atoms with E-state index in [-0.39, 0.29) is 10.7 Å². The fraction of sp³-hybridized carbons (Fsp3) is 0. The number of nitrogens with one attached hydrogen (secondary N) is 1. The van der Waals surface area contributed by atoms with E-state index in [9.17, 15) is 8.42 Å². The minimum atomic E-state index is -3.77. The van der Waals surface area contributed by atoms with Gasteiger partial charge in [-0.1, -0.05) is 66.7 Å². The van der Waals surface area contributed by atoms with Gasteiger partial charge in [0.25, 0.3) is 10.0 Å². The van der Waals surface area contributed by atoms with Crippen molar-refractivity contribution in [1.82, 2.24) is 4.98 Å². The van der Waals surface area contributed by atoms with Crippen molar-refractivity contribution in [3.05, 3.63) is 103 Å². The topological polar surface area (TPSA) is 68.3 Å². The molecule has 0 aliphatic heterocycles. The lowest BCUT2D eigenvalue weighted by Crippen LogP contribution is -2.14. The highest BCUT2D eigenvalue weighted by molar-refractivity contribution is 7.92. The minimum absolute atomic E-state index is 0.164. The van der Waals surface area contributed by atoms with Gasteiger partial charge in [0.1, 0.15) is 17.3 Å². The number of benzene rings is 3. The van der Waals surface area contributed by atoms with Crippen LogP contribution in [-0.4, -0.2) is 13.4 Å². The molecule has 5 nitrogen and oxygen atoms in total. The van der Waals surface area contributed by atoms with Gasteiger partial charge in [-0.15, -0.1) is 0 Å². The lowest BCUT2D eigenvalue weighted by Gasteiger charge is -2.12. The van der Waals surface area contributed by atoms with Gasteiger partial charge in [0.05, 0.1) is 10.6 Å². The monoisotopic (exact) mass is 402 g/mol. The first-order valence-corrected chi connectivity index (χ1v) is 10.5. The van der Waals surface area contributed by atoms with Crippen molar-refractivity contribution in [3.8, 4) is 22.8 Å². The molecule has 0 radical (unpaired) electrons. The molecule has 0 saturated carbocycles. The van der Waals surface area contributed by atoms with E-state index in [1.807, 2.05) is 60.7 Å². The van der Waals surface area contributed by atoms with Gasteiger partial charge in [-0.05, 0) is 24.3 Å². The Morgan fingerprint density at radius 1 is 0.690 bits per heavy atom. The number of nitrogens with zero attached hydrogens (tertiary/aromatic N) is 1. The van der Waals surface area contributed by atoms with Gasteiger partial charge in [-0.25, -0.2) is 13.4 Å². The Kier molecular flexibility index (Phi) is 5.27. The predicted molar refractivity (Wildman–Crippen MR) is 113 cm³/mol. The molecule has 1 aromatic heterocycles. The van der Waals surface area contributed by atoms with E-state index in [2.05, 4.69) is 9.71 Å². The van der Waals surface area contributed by atoms with Crippen LogP contribution in [0.2, 0.25) is 0 Å². The molecule has 0 saturated heterocycles. The number of pyridine rings is 1. The average molecular weight is 402 g/mol. The maximum Gasteiger partial charge on any atom is 0.263 e. The summed E-state index contributed by atoms with van der Waals surface area (Å²) in [5.74, 6) is 1.31. The van der Waals surface area contributed by atoms with Crippen molar-refractivity contribution < 1.29 is 13.2 Å². The number of sulfonamides is 1. The second-order valence-corrected chi connectivity index (χ2v) is 7.96. The van der Waals surface area contributed by atoms with Crippen LogP contribution in [0.25, 0.3) is 11.3 Å². The standard InChI is InChI=1S/C23H18N2O3S/c26-29(27,21-14-8-3-9-15-21)25-23-17-20(28-19-12-6-2-7-13-19)16-22(24-23)18-10-4-1-5-11-18/h1-17H,(H,24,25). The highest BCUT2D eigenvalue weighted by atomic mass is 32.2. The lowest BCUT2D eigenvalue weighted by atomic mass is 10.1. The van der Waals surface area contributed by atoms with Crippen LogP contribution in [0.4, 0.5) is 5.82 Å². The predicted octanol–water partition coefficient (Wildman–Crippen LogP) is 5.34. The zero-order valence-corrected chi connectivity index (χ0v) is 16.2. The summed E-state index contributed by atoms with van der Waals surface area (Å²) in [4.78, 5) is 4.65. The SMILES string of the molecule is O=S(=O)(Nc1cc(Oc2ccccc2)cc(-c2ccccc2)n1)c1ccccc1. The van der Waals surface area contributed by atoms with Crippen molar-refractivity contribution in [2.45, 2.75) is 4.90 Å². The molecule has 3 aromatic carbocycles. The number of aromatic nitrogens is 1. The molecule has 0 unspecified atom stereocenters. The summed E-state index contributed by atoms with van der Waals surface area (Å²) in [6.45, 7) is 0. The van der Waals surface area contributed by atoms with Crippen LogP contribution in [0.1, 0.15) is 0 Å². The molecule has 0 bridgehead atoms. The molecule has 1 N–H and O–H groups in total. The van der Waals surface area contributed by atoms with Gasteiger partial charge in [-0.3, -0.25) is 4.72 Å². The summed E-state index contributed by atoms with van der Waals surface area (Å²) in [5, 5.41) is 0. The highest BCUT2D eigenvalue weighted by Gasteiger charge is 2.16. The van der Waals surface area contributed by atoms with Crippen LogP contribution in [-0.2, 0) is 10.0 Å². The van der Waals surface area contributed by atoms with Crippen molar-refractivity contribution in [2.75, 3.05) is 4.72 Å². The van der Waals surface area contributed by atoms with Crippen LogP contribution < -0.4 is 9.46 Å². The Morgan fingerprint density at radius 2 is 1.28 bits per heavy atom. The summed E-state index contributed by atoms with van der Waals surface area (Å²) in [7, 11) is -3.77. The van der Waals surface area contributed by atoms with Crippen LogP contribution in [0, 0.1) is 0 Å². The normalized spacial score (nSPS) is 11.0. The first-order valence-electron chi connectivity index (χ1n) is 8.98. The Morgan fingerprint density at radius 3 is 1.93 bits per heavy atom. The van der Waals surface area contributed by atoms with E-state index in [0.717, 1.165) is 5.56 Å². The van der Waals surface area contributed by atoms with Crippen molar-refractivity contribution in [2.24, 2.45) is 0 Å². The smallest absolute Gasteiger partial charge is 0.263 e. The molecule has 0 fully saturated rings. The summed E-state index contributed by atoms with van der Waals surface area (Å²) in [6.07, 6.45) is 0. The van der Waals surface area contributed by atoms with Crippen LogP contribution in [0.15, 0.2) is 108 Å². The lowest BCUT2D eigenvalue weighted by molar-refractivity contribution is 0.482. The van der Waals surface area contributed by atoms with Gasteiger partial charge in [0.2, 0.25) is 0 Å². The summed E-state index contributed by atoms with van der Waals surface area (Å²) < 4.78 is 33.9. The number of hydrogen-bond donors (Lipinski definition) is 1. The first-order chi connectivity index (χ1) is 14.1. The Bertz CT molecular complexity index is 1200. The third kappa shape index (κ3) is 4.62. The number of ether oxygens (including phenoxy) is 1. The quantitative estimate of drug-likeness (QED) is 0.473. The number of rotatable bonds is 6. The van der Waals surface area contributed by atoms with E-state index in [1.165, 1.54) is 12.1 Å². The summed E-state index contributed by atoms with van der Waals surface area (Å²) in [5.41, 5.74) is 1.45. The Hall–Kier alpha value is -3.64. The van der Waals surface area contributed by atoms with E-state index in [1.54, 1.807) is 30.3 Å². The van der Waals surface area contributed by atoms with Crippen molar-refractivity contribution in [3.63, 3.8) is 0 Å². The fourth-order valence-corrected chi connectivity index (χ4v) is 3.81. The number of para-hydroxylation sites is 1. The molecule has 4 aromatic rings. The van der Waals surface area contributed by atoms with Crippen molar-refractivity contribution in [1.29, 1.82) is 0 Å². The molecule has 0 atom stereocenters. The molecular weight excluding hydrogens is 384 g/mol. The molecule has 0 aliphatic rings. The molecule has 0 amide bonds. The van der Waals surface area contributed by atoms with Gasteiger partial charge >= 0.3 is 0 Å². The third-order valence-corrected chi connectivity index (χ3v) is 5.51. The van der Waals surface area contributed by atoms with Gasteiger partial charge < -0.3 is 4.74 Å². The van der Waals surface area contributed by atoms with Crippen molar-refractivity contribution >= 4 is 15.8 Å². The molecule has 29 heavy (non-hydrogen) atoms. The number of anilines is 1. The number of hydrogen-bond acceptors (Lipinski definition) is 4. The third-order valence-electron chi connectivity index (χ3n) is 4.14. The molecule has 144 valence electrons. The maximum atomic E-state index is 12.7. The van der Waals surface area contributed by atoms with E-state index < -0.39 is 10.0 Å². The Labute approximate surface area is 169 Å². The first kappa shape index (κ1) is 18.7.